The summed E-state index contributed by atoms with van der Waals surface area (Å²) in [6.07, 6.45) is 1.16. The lowest BCUT2D eigenvalue weighted by molar-refractivity contribution is -0.0726. The minimum atomic E-state index is -0.833. The van der Waals surface area contributed by atoms with Gasteiger partial charge in [0.25, 0.3) is 5.95 Å². The van der Waals surface area contributed by atoms with Gasteiger partial charge in [0.15, 0.2) is 6.29 Å². The zero-order valence-corrected chi connectivity index (χ0v) is 9.35. The van der Waals surface area contributed by atoms with Gasteiger partial charge in [0.05, 0.1) is 20.3 Å². The SMILES string of the molecule is COC(=CC(OC)OC)OC.NC(N)=O. The van der Waals surface area contributed by atoms with Gasteiger partial charge in [0, 0.05) is 14.2 Å². The van der Waals surface area contributed by atoms with Gasteiger partial charge >= 0.3 is 6.03 Å². The Hall–Kier alpha value is -1.47. The van der Waals surface area contributed by atoms with E-state index in [1.807, 2.05) is 0 Å². The van der Waals surface area contributed by atoms with Gasteiger partial charge in [-0.05, 0) is 0 Å². The molecule has 0 aliphatic heterocycles. The molecule has 0 radical (unpaired) electrons. The number of methoxy groups -OCH3 is 4. The summed E-state index contributed by atoms with van der Waals surface area (Å²) in [5.74, 6) is 0.374. The molecule has 0 aromatic heterocycles. The maximum absolute atomic E-state index is 9.00. The van der Waals surface area contributed by atoms with Crippen molar-refractivity contribution in [3.8, 4) is 0 Å². The Morgan fingerprint density at radius 2 is 1.40 bits per heavy atom. The maximum Gasteiger partial charge on any atom is 0.309 e. The maximum atomic E-state index is 9.00. The number of rotatable bonds is 5. The molecule has 0 aliphatic rings. The number of hydrogen-bond donors (Lipinski definition) is 2. The lowest BCUT2D eigenvalue weighted by atomic mass is 10.6. The van der Waals surface area contributed by atoms with Crippen molar-refractivity contribution in [1.29, 1.82) is 0 Å². The van der Waals surface area contributed by atoms with Crippen LogP contribution in [0.4, 0.5) is 4.79 Å². The highest BCUT2D eigenvalue weighted by Crippen LogP contribution is 2.01. The Bertz CT molecular complexity index is 181. The first-order valence-electron chi connectivity index (χ1n) is 3.92. The Labute approximate surface area is 88.9 Å². The van der Waals surface area contributed by atoms with Crippen molar-refractivity contribution >= 4 is 6.03 Å². The topological polar surface area (TPSA) is 106 Å². The van der Waals surface area contributed by atoms with Crippen molar-refractivity contribution in [2.75, 3.05) is 28.4 Å². The summed E-state index contributed by atoms with van der Waals surface area (Å²) >= 11 is 0. The Morgan fingerprint density at radius 3 is 1.60 bits per heavy atom. The van der Waals surface area contributed by atoms with Crippen molar-refractivity contribution in [2.45, 2.75) is 6.29 Å². The molecule has 0 aromatic rings. The summed E-state index contributed by atoms with van der Waals surface area (Å²) < 4.78 is 19.4. The summed E-state index contributed by atoms with van der Waals surface area (Å²) in [6.45, 7) is 0. The lowest BCUT2D eigenvalue weighted by Gasteiger charge is -2.10. The summed E-state index contributed by atoms with van der Waals surface area (Å²) in [5, 5.41) is 0. The van der Waals surface area contributed by atoms with E-state index in [9.17, 15) is 0 Å². The van der Waals surface area contributed by atoms with Gasteiger partial charge in [-0.25, -0.2) is 4.79 Å². The molecule has 0 unspecified atom stereocenters. The van der Waals surface area contributed by atoms with Crippen LogP contribution in [0.3, 0.4) is 0 Å². The van der Waals surface area contributed by atoms with Gasteiger partial charge in [0.1, 0.15) is 0 Å². The fourth-order valence-electron chi connectivity index (χ4n) is 0.563. The molecule has 7 heteroatoms. The number of nitrogens with two attached hydrogens (primary N) is 2. The number of primary amides is 2. The van der Waals surface area contributed by atoms with Crippen molar-refractivity contribution in [3.05, 3.63) is 12.0 Å². The first kappa shape index (κ1) is 16.0. The molecule has 0 aliphatic carbocycles. The fraction of sp³-hybridized carbons (Fsp3) is 0.625. The van der Waals surface area contributed by atoms with Crippen LogP contribution in [0.25, 0.3) is 0 Å². The van der Waals surface area contributed by atoms with Crippen LogP contribution in [-0.4, -0.2) is 40.8 Å². The second kappa shape index (κ2) is 10.6. The van der Waals surface area contributed by atoms with Gasteiger partial charge in [-0.3, -0.25) is 0 Å². The molecule has 0 rings (SSSR count). The summed E-state index contributed by atoms with van der Waals surface area (Å²) in [6, 6.07) is -0.833. The summed E-state index contributed by atoms with van der Waals surface area (Å²) in [4.78, 5) is 9.00. The highest BCUT2D eigenvalue weighted by Gasteiger charge is 2.03. The van der Waals surface area contributed by atoms with E-state index in [1.165, 1.54) is 28.4 Å². The van der Waals surface area contributed by atoms with Crippen molar-refractivity contribution in [1.82, 2.24) is 0 Å². The molecular formula is C8H18N2O5. The number of urea groups is 1. The van der Waals surface area contributed by atoms with Gasteiger partial charge in [-0.2, -0.15) is 0 Å². The molecule has 0 saturated heterocycles. The third kappa shape index (κ3) is 12.5. The fourth-order valence-corrected chi connectivity index (χ4v) is 0.563. The molecule has 0 heterocycles. The van der Waals surface area contributed by atoms with E-state index in [0.717, 1.165) is 0 Å². The molecule has 0 spiro atoms. The number of amides is 2. The molecule has 7 nitrogen and oxygen atoms in total. The average Bonchev–Trinajstić information content (AvgIpc) is 2.19. The molecule has 2 amide bonds. The van der Waals surface area contributed by atoms with E-state index in [0.29, 0.717) is 5.95 Å². The van der Waals surface area contributed by atoms with Gasteiger partial charge < -0.3 is 30.4 Å². The van der Waals surface area contributed by atoms with Crippen LogP contribution < -0.4 is 11.5 Å². The van der Waals surface area contributed by atoms with Gasteiger partial charge in [0.2, 0.25) is 0 Å². The number of carbonyl (C=O) groups is 1. The van der Waals surface area contributed by atoms with Crippen molar-refractivity contribution < 1.29 is 23.7 Å². The molecule has 90 valence electrons. The second-order valence-corrected chi connectivity index (χ2v) is 2.14. The van der Waals surface area contributed by atoms with E-state index in [1.54, 1.807) is 6.08 Å². The largest absolute Gasteiger partial charge is 0.469 e. The van der Waals surface area contributed by atoms with Crippen molar-refractivity contribution in [2.24, 2.45) is 11.5 Å². The highest BCUT2D eigenvalue weighted by atomic mass is 16.7. The minimum Gasteiger partial charge on any atom is -0.469 e. The van der Waals surface area contributed by atoms with Crippen LogP contribution >= 0.6 is 0 Å². The molecule has 0 atom stereocenters. The third-order valence-corrected chi connectivity index (χ3v) is 1.14. The number of ether oxygens (including phenoxy) is 4. The number of carbonyl (C=O) groups excluding carboxylic acids is 1. The standard InChI is InChI=1S/C7H14O4.CH4N2O/c1-8-6(9-2)5-7(10-3)11-4;2-1(3)4/h5-6H,1-4H3;(H4,2,3,4). The monoisotopic (exact) mass is 222 g/mol. The normalized spacial score (nSPS) is 8.60. The molecule has 0 aromatic carbocycles. The van der Waals surface area contributed by atoms with Crippen LogP contribution in [0.5, 0.6) is 0 Å². The zero-order valence-electron chi connectivity index (χ0n) is 9.35. The zero-order chi connectivity index (χ0) is 12.3. The van der Waals surface area contributed by atoms with Crippen LogP contribution in [0.1, 0.15) is 0 Å². The van der Waals surface area contributed by atoms with E-state index in [4.69, 9.17) is 23.7 Å². The van der Waals surface area contributed by atoms with E-state index in [2.05, 4.69) is 11.5 Å². The highest BCUT2D eigenvalue weighted by molar-refractivity contribution is 5.69. The quantitative estimate of drug-likeness (QED) is 0.493. The van der Waals surface area contributed by atoms with Gasteiger partial charge in [-0.1, -0.05) is 0 Å². The summed E-state index contributed by atoms with van der Waals surface area (Å²) in [5.41, 5.74) is 8.50. The molecule has 0 saturated carbocycles. The average molecular weight is 222 g/mol. The van der Waals surface area contributed by atoms with Crippen LogP contribution in [0.15, 0.2) is 12.0 Å². The molecule has 0 bridgehead atoms. The Kier molecular flexibility index (Phi) is 11.3. The van der Waals surface area contributed by atoms with Crippen LogP contribution in [-0.2, 0) is 18.9 Å². The predicted octanol–water partition coefficient (Wildman–Crippen LogP) is -0.237. The third-order valence-electron chi connectivity index (χ3n) is 1.14. The van der Waals surface area contributed by atoms with E-state index in [-0.39, 0.29) is 0 Å². The summed E-state index contributed by atoms with van der Waals surface area (Å²) in [7, 11) is 6.09. The molecular weight excluding hydrogens is 204 g/mol. The smallest absolute Gasteiger partial charge is 0.309 e. The van der Waals surface area contributed by atoms with E-state index >= 15 is 0 Å². The van der Waals surface area contributed by atoms with E-state index < -0.39 is 12.3 Å². The van der Waals surface area contributed by atoms with Crippen LogP contribution in [0, 0.1) is 0 Å². The predicted molar refractivity (Wildman–Crippen MR) is 53.7 cm³/mol. The minimum absolute atomic E-state index is 0.374. The molecule has 4 N–H and O–H groups in total. The molecule has 0 fully saturated rings. The number of hydrogen-bond acceptors (Lipinski definition) is 5. The van der Waals surface area contributed by atoms with Crippen LogP contribution in [0.2, 0.25) is 0 Å². The van der Waals surface area contributed by atoms with Crippen molar-refractivity contribution in [3.63, 3.8) is 0 Å². The molecule has 15 heavy (non-hydrogen) atoms. The Balaban J connectivity index is 0. The first-order valence-corrected chi connectivity index (χ1v) is 3.92. The lowest BCUT2D eigenvalue weighted by Crippen LogP contribution is -2.18. The second-order valence-electron chi connectivity index (χ2n) is 2.14. The Morgan fingerprint density at radius 1 is 1.07 bits per heavy atom. The first-order chi connectivity index (χ1) is 7.01. The van der Waals surface area contributed by atoms with Gasteiger partial charge in [-0.15, -0.1) is 0 Å².